The Hall–Kier alpha value is -0.463. The third kappa shape index (κ3) is 7.54. The van der Waals surface area contributed by atoms with E-state index in [9.17, 15) is 8.42 Å². The van der Waals surface area contributed by atoms with E-state index in [4.69, 9.17) is 0 Å². The van der Waals surface area contributed by atoms with E-state index in [2.05, 4.69) is 9.05 Å². The molecular weight excluding hydrogens is 170 g/mol. The van der Waals surface area contributed by atoms with Gasteiger partial charge in [-0.3, -0.25) is 4.53 Å². The van der Waals surface area contributed by atoms with Crippen LogP contribution in [0.4, 0.5) is 0 Å². The Morgan fingerprint density at radius 2 is 2.20 bits per heavy atom. The fraction of sp³-hybridized carbons (Fsp3) is 0.500. The minimum atomic E-state index is -2.42. The summed E-state index contributed by atoms with van der Waals surface area (Å²) >= 11 is 0. The third-order valence-corrected chi connectivity index (χ3v) is 2.36. The van der Waals surface area contributed by atoms with Crippen LogP contribution in [0.2, 0.25) is 0 Å². The van der Waals surface area contributed by atoms with Gasteiger partial charge in [0.2, 0.25) is 9.76 Å². The van der Waals surface area contributed by atoms with Crippen molar-refractivity contribution in [2.45, 2.75) is 13.8 Å². The maximum absolute atomic E-state index is 9.75. The lowest BCUT2D eigenvalue weighted by Gasteiger charge is -1.85. The minimum absolute atomic E-state index is 0.901. The lowest BCUT2D eigenvalue weighted by Crippen LogP contribution is -1.87. The van der Waals surface area contributed by atoms with E-state index < -0.39 is 20.3 Å². The van der Waals surface area contributed by atoms with Gasteiger partial charge in [-0.05, 0) is 18.4 Å². The summed E-state index contributed by atoms with van der Waals surface area (Å²) in [6.45, 7) is 3.84. The van der Waals surface area contributed by atoms with Gasteiger partial charge in [0.15, 0.2) is 0 Å². The average Bonchev–Trinajstić information content (AvgIpc) is 1.79. The summed E-state index contributed by atoms with van der Waals surface area (Å²) in [5.41, 5.74) is 3.00. The highest BCUT2D eigenvalue weighted by Crippen LogP contribution is 1.85. The summed E-state index contributed by atoms with van der Waals surface area (Å²) in [5, 5.41) is 0. The summed E-state index contributed by atoms with van der Waals surface area (Å²) in [7, 11) is -3.32. The quantitative estimate of drug-likeness (QED) is 0.348. The zero-order valence-corrected chi connectivity index (χ0v) is 8.10. The van der Waals surface area contributed by atoms with Crippen molar-refractivity contribution in [1.29, 1.82) is 0 Å². The highest BCUT2D eigenvalue weighted by atomic mass is 32.2. The molecule has 58 valence electrons. The Kier molecular flexibility index (Phi) is 5.08. The molecular formula is C4H9NO3SSi. The van der Waals surface area contributed by atoms with Gasteiger partial charge in [-0.25, -0.2) is 0 Å². The molecule has 10 heavy (non-hydrogen) atoms. The van der Waals surface area contributed by atoms with Crippen LogP contribution in [0.3, 0.4) is 0 Å². The van der Waals surface area contributed by atoms with E-state index in [0.29, 0.717) is 0 Å². The van der Waals surface area contributed by atoms with E-state index in [0.717, 1.165) is 5.57 Å². The Morgan fingerprint density at radius 1 is 1.60 bits per heavy atom. The first kappa shape index (κ1) is 9.54. The molecule has 0 bridgehead atoms. The molecule has 0 aromatic rings. The van der Waals surface area contributed by atoms with Crippen LogP contribution < -0.4 is 0 Å². The lowest BCUT2D eigenvalue weighted by atomic mass is 10.4. The van der Waals surface area contributed by atoms with Crippen molar-refractivity contribution in [1.82, 2.24) is 0 Å². The van der Waals surface area contributed by atoms with Gasteiger partial charge in [0.05, 0.1) is 0 Å². The van der Waals surface area contributed by atoms with Crippen molar-refractivity contribution < 1.29 is 12.9 Å². The maximum Gasteiger partial charge on any atom is 0.338 e. The molecule has 0 unspecified atom stereocenters. The predicted octanol–water partition coefficient (Wildman–Crippen LogP) is -0.0118. The van der Waals surface area contributed by atoms with E-state index in [-0.39, 0.29) is 0 Å². The zero-order valence-electron chi connectivity index (χ0n) is 5.86. The molecule has 0 saturated carbocycles. The molecule has 0 aromatic carbocycles. The molecule has 0 aliphatic heterocycles. The van der Waals surface area contributed by atoms with Gasteiger partial charge in [-0.2, -0.15) is 8.42 Å². The normalized spacial score (nSPS) is 9.80. The number of hydrogen-bond donors (Lipinski definition) is 0. The van der Waals surface area contributed by atoms with Crippen molar-refractivity contribution in [2.75, 3.05) is 0 Å². The van der Waals surface area contributed by atoms with Gasteiger partial charge in [-0.1, -0.05) is 11.3 Å². The Morgan fingerprint density at radius 3 is 2.60 bits per heavy atom. The van der Waals surface area contributed by atoms with E-state index in [1.165, 1.54) is 0 Å². The summed E-state index contributed by atoms with van der Waals surface area (Å²) in [6.07, 6.45) is 0. The molecule has 0 saturated heterocycles. The van der Waals surface area contributed by atoms with Crippen LogP contribution >= 0.6 is 0 Å². The molecule has 0 heterocycles. The van der Waals surface area contributed by atoms with Gasteiger partial charge >= 0.3 is 10.5 Å². The van der Waals surface area contributed by atoms with Gasteiger partial charge in [-0.15, -0.1) is 0 Å². The number of rotatable bonds is 3. The van der Waals surface area contributed by atoms with Crippen molar-refractivity contribution in [3.8, 4) is 0 Å². The molecule has 0 aromatic heterocycles. The largest absolute Gasteiger partial charge is 0.338 e. The summed E-state index contributed by atoms with van der Waals surface area (Å²) < 4.78 is 26.8. The number of nitrogens with zero attached hydrogens (tertiary/aromatic N) is 1. The molecule has 0 fully saturated rings. The molecule has 0 rings (SSSR count). The molecule has 0 spiro atoms. The van der Waals surface area contributed by atoms with Crippen LogP contribution in [0, 0.1) is 0 Å². The van der Waals surface area contributed by atoms with Crippen LogP contribution in [0.5, 0.6) is 0 Å². The van der Waals surface area contributed by atoms with Crippen molar-refractivity contribution in [2.24, 2.45) is 4.53 Å². The van der Waals surface area contributed by atoms with Gasteiger partial charge < -0.3 is 0 Å². The van der Waals surface area contributed by atoms with E-state index in [1.54, 1.807) is 0 Å². The Labute approximate surface area is 63.5 Å². The smallest absolute Gasteiger partial charge is 0.289 e. The molecule has 0 aliphatic rings. The molecule has 0 aliphatic carbocycles. The first-order valence-corrected chi connectivity index (χ1v) is 5.11. The third-order valence-electron chi connectivity index (χ3n) is 0.680. The molecule has 0 N–H and O–H groups in total. The van der Waals surface area contributed by atoms with Gasteiger partial charge in [0, 0.05) is 0 Å². The van der Waals surface area contributed by atoms with Crippen molar-refractivity contribution in [3.05, 3.63) is 11.3 Å². The second kappa shape index (κ2) is 5.33. The standard InChI is InChI=1S/C4H9NO3SSi/c1-4(2)3-10-8-5-9(6)7/h3H,10H2,1-2H3. The topological polar surface area (TPSA) is 55.7 Å². The van der Waals surface area contributed by atoms with Crippen LogP contribution in [-0.2, 0) is 15.0 Å². The highest BCUT2D eigenvalue weighted by molar-refractivity contribution is 7.61. The lowest BCUT2D eigenvalue weighted by molar-refractivity contribution is 0.373. The molecule has 0 amide bonds. The minimum Gasteiger partial charge on any atom is -0.289 e. The molecule has 6 heteroatoms. The second-order valence-corrected chi connectivity index (χ2v) is 3.45. The fourth-order valence-electron chi connectivity index (χ4n) is 0.277. The van der Waals surface area contributed by atoms with Crippen LogP contribution in [0.25, 0.3) is 0 Å². The SMILES string of the molecule is CC(C)=C[SiH2]ON=S(=O)=O. The van der Waals surface area contributed by atoms with Crippen LogP contribution in [-0.4, -0.2) is 18.2 Å². The fourth-order valence-corrected chi connectivity index (χ4v) is 1.27. The number of allylic oxidation sites excluding steroid dienone is 1. The summed E-state index contributed by atoms with van der Waals surface area (Å²) in [5.74, 6) is 0. The zero-order chi connectivity index (χ0) is 7.98. The Bertz CT molecular complexity index is 231. The van der Waals surface area contributed by atoms with E-state index >= 15 is 0 Å². The van der Waals surface area contributed by atoms with Gasteiger partial charge in [0.1, 0.15) is 0 Å². The second-order valence-electron chi connectivity index (χ2n) is 1.87. The molecule has 4 nitrogen and oxygen atoms in total. The monoisotopic (exact) mass is 179 g/mol. The van der Waals surface area contributed by atoms with Gasteiger partial charge in [0.25, 0.3) is 0 Å². The molecule has 0 atom stereocenters. The van der Waals surface area contributed by atoms with Crippen molar-refractivity contribution >= 4 is 20.3 Å². The van der Waals surface area contributed by atoms with Crippen LogP contribution in [0.1, 0.15) is 13.8 Å². The first-order chi connectivity index (χ1) is 4.63. The molecule has 0 radical (unpaired) electrons. The average molecular weight is 179 g/mol. The van der Waals surface area contributed by atoms with E-state index in [1.807, 2.05) is 19.5 Å². The summed E-state index contributed by atoms with van der Waals surface area (Å²) in [6, 6.07) is 0. The maximum atomic E-state index is 9.75. The Balaban J connectivity index is 3.59. The summed E-state index contributed by atoms with van der Waals surface area (Å²) in [4.78, 5) is 0. The number of hydrogen-bond acceptors (Lipinski definition) is 4. The first-order valence-electron chi connectivity index (χ1n) is 2.68. The predicted molar refractivity (Wildman–Crippen MR) is 40.4 cm³/mol. The highest BCUT2D eigenvalue weighted by Gasteiger charge is 1.80. The van der Waals surface area contributed by atoms with Crippen LogP contribution in [0.15, 0.2) is 15.8 Å². The van der Waals surface area contributed by atoms with Crippen molar-refractivity contribution in [3.63, 3.8) is 0 Å².